The molecule has 26 heavy (non-hydrogen) atoms. The van der Waals surface area contributed by atoms with E-state index in [4.69, 9.17) is 0 Å². The Bertz CT molecular complexity index is 770. The lowest BCUT2D eigenvalue weighted by atomic mass is 10.1. The smallest absolute Gasteiger partial charge is 0.360 e. The first-order valence-corrected chi connectivity index (χ1v) is 8.32. The fourth-order valence-electron chi connectivity index (χ4n) is 3.26. The van der Waals surface area contributed by atoms with E-state index in [1.807, 2.05) is 0 Å². The lowest BCUT2D eigenvalue weighted by Crippen LogP contribution is -3.13. The van der Waals surface area contributed by atoms with Gasteiger partial charge in [0.2, 0.25) is 0 Å². The van der Waals surface area contributed by atoms with Gasteiger partial charge in [-0.15, -0.1) is 0 Å². The van der Waals surface area contributed by atoms with Gasteiger partial charge >= 0.3 is 6.18 Å². The summed E-state index contributed by atoms with van der Waals surface area (Å²) in [6.45, 7) is 3.15. The van der Waals surface area contributed by atoms with E-state index in [0.717, 1.165) is 16.7 Å². The Morgan fingerprint density at radius 2 is 1.65 bits per heavy atom. The summed E-state index contributed by atoms with van der Waals surface area (Å²) >= 11 is 0. The van der Waals surface area contributed by atoms with Crippen molar-refractivity contribution in [3.8, 4) is 0 Å². The van der Waals surface area contributed by atoms with E-state index in [1.165, 1.54) is 18.2 Å². The highest BCUT2D eigenvalue weighted by Crippen LogP contribution is 2.31. The van der Waals surface area contributed by atoms with Gasteiger partial charge in [0.25, 0.3) is 5.69 Å². The fraction of sp³-hybridized carbons (Fsp3) is 0.333. The van der Waals surface area contributed by atoms with Gasteiger partial charge in [-0.1, -0.05) is 18.2 Å². The van der Waals surface area contributed by atoms with Gasteiger partial charge in [0.05, 0.1) is 36.7 Å². The maximum absolute atomic E-state index is 13.1. The van der Waals surface area contributed by atoms with Crippen LogP contribution in [0.3, 0.4) is 0 Å². The summed E-state index contributed by atoms with van der Waals surface area (Å²) in [7, 11) is 0. The molecule has 3 rings (SSSR count). The molecule has 0 radical (unpaired) electrons. The third-order valence-corrected chi connectivity index (χ3v) is 4.66. The van der Waals surface area contributed by atoms with Gasteiger partial charge in [-0.2, -0.15) is 13.2 Å². The zero-order valence-electron chi connectivity index (χ0n) is 14.0. The standard InChI is InChI=1S/C18H18F3N3O2/c19-18(20,21)17-4-2-1-3-14(17)13-22-9-11-23(12-10-22)15-5-7-16(8-6-15)24(25)26/h1-8H,9-13H2/p+1. The number of nitro groups is 1. The maximum atomic E-state index is 13.1. The van der Waals surface area contributed by atoms with Crippen LogP contribution in [-0.4, -0.2) is 31.1 Å². The van der Waals surface area contributed by atoms with Crippen LogP contribution in [0, 0.1) is 10.1 Å². The molecule has 0 spiro atoms. The summed E-state index contributed by atoms with van der Waals surface area (Å²) in [5.41, 5.74) is 0.691. The van der Waals surface area contributed by atoms with Crippen LogP contribution in [0.4, 0.5) is 24.5 Å². The third kappa shape index (κ3) is 4.13. The second-order valence-corrected chi connectivity index (χ2v) is 6.34. The molecular weight excluding hydrogens is 347 g/mol. The summed E-state index contributed by atoms with van der Waals surface area (Å²) in [4.78, 5) is 13.5. The molecule has 0 atom stereocenters. The monoisotopic (exact) mass is 366 g/mol. The Morgan fingerprint density at radius 1 is 1.04 bits per heavy atom. The van der Waals surface area contributed by atoms with Crippen LogP contribution in [-0.2, 0) is 12.7 Å². The second kappa shape index (κ2) is 7.33. The number of halogens is 3. The summed E-state index contributed by atoms with van der Waals surface area (Å²) in [5, 5.41) is 10.7. The highest BCUT2D eigenvalue weighted by molar-refractivity contribution is 5.51. The van der Waals surface area contributed by atoms with E-state index >= 15 is 0 Å². The number of hydrogen-bond donors (Lipinski definition) is 1. The van der Waals surface area contributed by atoms with Crippen LogP contribution >= 0.6 is 0 Å². The van der Waals surface area contributed by atoms with Crippen LogP contribution in [0.5, 0.6) is 0 Å². The number of non-ortho nitro benzene ring substituents is 1. The van der Waals surface area contributed by atoms with Crippen molar-refractivity contribution >= 4 is 11.4 Å². The van der Waals surface area contributed by atoms with Crippen molar-refractivity contribution < 1.29 is 23.0 Å². The first kappa shape index (κ1) is 18.2. The number of nitro benzene ring substituents is 1. The molecule has 2 aromatic rings. The molecule has 2 aromatic carbocycles. The predicted octanol–water partition coefficient (Wildman–Crippen LogP) is 2.52. The van der Waals surface area contributed by atoms with E-state index in [0.29, 0.717) is 38.3 Å². The van der Waals surface area contributed by atoms with Crippen LogP contribution in [0.15, 0.2) is 48.5 Å². The molecule has 0 bridgehead atoms. The SMILES string of the molecule is O=[N+]([O-])c1ccc(N2CC[NH+](Cc3ccccc3C(F)(F)F)CC2)cc1. The highest BCUT2D eigenvalue weighted by Gasteiger charge is 2.34. The molecule has 1 aliphatic heterocycles. The highest BCUT2D eigenvalue weighted by atomic mass is 19.4. The first-order chi connectivity index (χ1) is 12.3. The van der Waals surface area contributed by atoms with Crippen LogP contribution < -0.4 is 9.80 Å². The topological polar surface area (TPSA) is 50.8 Å². The predicted molar refractivity (Wildman–Crippen MR) is 91.2 cm³/mol. The molecule has 0 saturated carbocycles. The molecular formula is C18H19F3N3O2+. The van der Waals surface area contributed by atoms with E-state index < -0.39 is 16.7 Å². The molecule has 8 heteroatoms. The largest absolute Gasteiger partial charge is 0.416 e. The van der Waals surface area contributed by atoms with E-state index in [-0.39, 0.29) is 5.69 Å². The van der Waals surface area contributed by atoms with Gasteiger partial charge < -0.3 is 9.80 Å². The van der Waals surface area contributed by atoms with Gasteiger partial charge in [-0.05, 0) is 18.2 Å². The average Bonchev–Trinajstić information content (AvgIpc) is 2.62. The molecule has 1 aliphatic rings. The van der Waals surface area contributed by atoms with Crippen LogP contribution in [0.25, 0.3) is 0 Å². The van der Waals surface area contributed by atoms with Gasteiger partial charge in [0, 0.05) is 23.4 Å². The van der Waals surface area contributed by atoms with Gasteiger partial charge in [-0.25, -0.2) is 0 Å². The normalized spacial score (nSPS) is 15.9. The number of rotatable bonds is 4. The fourth-order valence-corrected chi connectivity index (χ4v) is 3.26. The minimum absolute atomic E-state index is 0.0433. The Labute approximate surface area is 148 Å². The van der Waals surface area contributed by atoms with Crippen molar-refractivity contribution in [3.63, 3.8) is 0 Å². The van der Waals surface area contributed by atoms with E-state index in [2.05, 4.69) is 4.90 Å². The van der Waals surface area contributed by atoms with Crippen molar-refractivity contribution in [2.75, 3.05) is 31.1 Å². The summed E-state index contributed by atoms with van der Waals surface area (Å²) in [6, 6.07) is 12.1. The number of piperazine rings is 1. The Hall–Kier alpha value is -2.61. The molecule has 138 valence electrons. The number of nitrogens with one attached hydrogen (secondary N) is 1. The molecule has 0 aliphatic carbocycles. The first-order valence-electron chi connectivity index (χ1n) is 8.32. The molecule has 1 saturated heterocycles. The van der Waals surface area contributed by atoms with E-state index in [9.17, 15) is 23.3 Å². The van der Waals surface area contributed by atoms with Crippen LogP contribution in [0.2, 0.25) is 0 Å². The molecule has 0 amide bonds. The minimum atomic E-state index is -4.34. The van der Waals surface area contributed by atoms with Crippen molar-refractivity contribution in [1.29, 1.82) is 0 Å². The second-order valence-electron chi connectivity index (χ2n) is 6.34. The zero-order valence-corrected chi connectivity index (χ0v) is 14.0. The quantitative estimate of drug-likeness (QED) is 0.668. The number of quaternary nitrogens is 1. The van der Waals surface area contributed by atoms with Crippen molar-refractivity contribution in [2.24, 2.45) is 0 Å². The Morgan fingerprint density at radius 3 is 2.23 bits per heavy atom. The summed E-state index contributed by atoms with van der Waals surface area (Å²) in [5.74, 6) is 0. The minimum Gasteiger partial charge on any atom is -0.360 e. The Kier molecular flexibility index (Phi) is 5.13. The number of alkyl halides is 3. The molecule has 1 fully saturated rings. The summed E-state index contributed by atoms with van der Waals surface area (Å²) < 4.78 is 39.3. The van der Waals surface area contributed by atoms with Crippen molar-refractivity contribution in [3.05, 3.63) is 69.8 Å². The number of hydrogen-bond acceptors (Lipinski definition) is 3. The number of anilines is 1. The van der Waals surface area contributed by atoms with Gasteiger partial charge in [0.1, 0.15) is 6.54 Å². The Balaban J connectivity index is 1.62. The number of benzene rings is 2. The van der Waals surface area contributed by atoms with E-state index in [1.54, 1.807) is 24.3 Å². The molecule has 0 aromatic heterocycles. The molecule has 1 heterocycles. The lowest BCUT2D eigenvalue weighted by molar-refractivity contribution is -0.914. The van der Waals surface area contributed by atoms with Crippen LogP contribution in [0.1, 0.15) is 11.1 Å². The van der Waals surface area contributed by atoms with Crippen molar-refractivity contribution in [1.82, 2.24) is 0 Å². The average molecular weight is 366 g/mol. The number of nitrogens with zero attached hydrogens (tertiary/aromatic N) is 2. The summed E-state index contributed by atoms with van der Waals surface area (Å²) in [6.07, 6.45) is -4.34. The molecule has 5 nitrogen and oxygen atoms in total. The third-order valence-electron chi connectivity index (χ3n) is 4.66. The lowest BCUT2D eigenvalue weighted by Gasteiger charge is -2.34. The molecule has 1 N–H and O–H groups in total. The molecule has 0 unspecified atom stereocenters. The van der Waals surface area contributed by atoms with Gasteiger partial charge in [0.15, 0.2) is 0 Å². The van der Waals surface area contributed by atoms with Crippen molar-refractivity contribution in [2.45, 2.75) is 12.7 Å². The van der Waals surface area contributed by atoms with Gasteiger partial charge in [-0.3, -0.25) is 10.1 Å². The zero-order chi connectivity index (χ0) is 18.7. The maximum Gasteiger partial charge on any atom is 0.416 e.